The molecule has 0 spiro atoms. The second-order valence-electron chi connectivity index (χ2n) is 2.76. The minimum Gasteiger partial charge on any atom is -0.388 e. The van der Waals surface area contributed by atoms with Gasteiger partial charge in [0.1, 0.15) is 0 Å². The highest BCUT2D eigenvalue weighted by molar-refractivity contribution is 5.20. The van der Waals surface area contributed by atoms with E-state index in [2.05, 4.69) is 13.2 Å². The van der Waals surface area contributed by atoms with E-state index in [0.717, 1.165) is 0 Å². The second kappa shape index (κ2) is 2.56. The number of hydrogen-bond donors (Lipinski definition) is 2. The van der Waals surface area contributed by atoms with Gasteiger partial charge >= 0.3 is 0 Å². The third-order valence-electron chi connectivity index (χ3n) is 1.85. The molecule has 1 aliphatic rings. The lowest BCUT2D eigenvalue weighted by molar-refractivity contribution is 0.136. The summed E-state index contributed by atoms with van der Waals surface area (Å²) >= 11 is 0. The molecule has 0 aromatic heterocycles. The van der Waals surface area contributed by atoms with Crippen LogP contribution in [0.4, 0.5) is 0 Å². The van der Waals surface area contributed by atoms with E-state index in [9.17, 15) is 10.2 Å². The van der Waals surface area contributed by atoms with Crippen molar-refractivity contribution >= 4 is 0 Å². The zero-order chi connectivity index (χ0) is 7.72. The van der Waals surface area contributed by atoms with Gasteiger partial charge in [-0.25, -0.2) is 0 Å². The molecule has 1 fully saturated rings. The number of aliphatic hydroxyl groups excluding tert-OH is 2. The van der Waals surface area contributed by atoms with Crippen molar-refractivity contribution in [1.29, 1.82) is 0 Å². The zero-order valence-corrected chi connectivity index (χ0v) is 5.88. The Labute approximate surface area is 60.5 Å². The van der Waals surface area contributed by atoms with E-state index in [0.29, 0.717) is 24.0 Å². The predicted octanol–water partition coefficient (Wildman–Crippen LogP) is 0.614. The minimum absolute atomic E-state index is 0.458. The van der Waals surface area contributed by atoms with Gasteiger partial charge in [-0.05, 0) is 11.1 Å². The molecular formula is C8H12O2. The van der Waals surface area contributed by atoms with Gasteiger partial charge in [0.2, 0.25) is 0 Å². The lowest BCUT2D eigenvalue weighted by atomic mass is 9.88. The molecule has 0 unspecified atom stereocenters. The van der Waals surface area contributed by atoms with Crippen molar-refractivity contribution in [1.82, 2.24) is 0 Å². The van der Waals surface area contributed by atoms with Gasteiger partial charge in [-0.2, -0.15) is 0 Å². The summed E-state index contributed by atoms with van der Waals surface area (Å²) in [6.07, 6.45) is -0.0631. The van der Waals surface area contributed by atoms with Crippen molar-refractivity contribution < 1.29 is 10.2 Å². The Morgan fingerprint density at radius 2 is 1.30 bits per heavy atom. The third kappa shape index (κ3) is 1.28. The number of hydrogen-bond acceptors (Lipinski definition) is 2. The molecule has 1 rings (SSSR count). The van der Waals surface area contributed by atoms with Crippen LogP contribution >= 0.6 is 0 Å². The van der Waals surface area contributed by atoms with Crippen LogP contribution in [0.5, 0.6) is 0 Å². The van der Waals surface area contributed by atoms with Gasteiger partial charge in [-0.15, -0.1) is 0 Å². The van der Waals surface area contributed by atoms with Crippen LogP contribution in [0.15, 0.2) is 24.3 Å². The SMILES string of the molecule is C=C1C[C@H](O)C(=C)C[C@H]1O. The van der Waals surface area contributed by atoms with Gasteiger partial charge in [-0.3, -0.25) is 0 Å². The first-order chi connectivity index (χ1) is 4.61. The normalized spacial score (nSPS) is 34.6. The summed E-state index contributed by atoms with van der Waals surface area (Å²) in [6.45, 7) is 7.26. The fraction of sp³-hybridized carbons (Fsp3) is 0.500. The minimum atomic E-state index is -0.490. The molecule has 2 heteroatoms. The molecule has 10 heavy (non-hydrogen) atoms. The van der Waals surface area contributed by atoms with Crippen molar-refractivity contribution in [2.24, 2.45) is 0 Å². The monoisotopic (exact) mass is 140 g/mol. The van der Waals surface area contributed by atoms with Crippen molar-refractivity contribution in [3.8, 4) is 0 Å². The second-order valence-corrected chi connectivity index (χ2v) is 2.76. The van der Waals surface area contributed by atoms with E-state index in [1.165, 1.54) is 0 Å². The highest BCUT2D eigenvalue weighted by Gasteiger charge is 2.23. The first kappa shape index (κ1) is 7.51. The summed E-state index contributed by atoms with van der Waals surface area (Å²) in [4.78, 5) is 0. The largest absolute Gasteiger partial charge is 0.388 e. The average molecular weight is 140 g/mol. The first-order valence-electron chi connectivity index (χ1n) is 3.32. The molecule has 0 radical (unpaired) electrons. The molecule has 0 aromatic carbocycles. The van der Waals surface area contributed by atoms with Crippen molar-refractivity contribution in [2.75, 3.05) is 0 Å². The van der Waals surface area contributed by atoms with E-state index >= 15 is 0 Å². The maximum Gasteiger partial charge on any atom is 0.0786 e. The summed E-state index contributed by atoms with van der Waals surface area (Å²) in [7, 11) is 0. The van der Waals surface area contributed by atoms with Crippen LogP contribution in [0.25, 0.3) is 0 Å². The molecule has 0 bridgehead atoms. The standard InChI is InChI=1S/C8H12O2/c1-5-3-8(10)6(2)4-7(5)9/h7-10H,1-4H2/t7-,8+. The van der Waals surface area contributed by atoms with Crippen LogP contribution < -0.4 is 0 Å². The van der Waals surface area contributed by atoms with Gasteiger partial charge in [0.15, 0.2) is 0 Å². The molecule has 1 saturated carbocycles. The Morgan fingerprint density at radius 3 is 1.60 bits per heavy atom. The molecule has 0 saturated heterocycles. The van der Waals surface area contributed by atoms with Crippen LogP contribution in [-0.2, 0) is 0 Å². The fourth-order valence-corrected chi connectivity index (χ4v) is 1.06. The summed E-state index contributed by atoms with van der Waals surface area (Å²) in [5.41, 5.74) is 1.42. The highest BCUT2D eigenvalue weighted by Crippen LogP contribution is 2.25. The summed E-state index contributed by atoms with van der Waals surface area (Å²) in [5, 5.41) is 18.4. The lowest BCUT2D eigenvalue weighted by Crippen LogP contribution is -2.25. The third-order valence-corrected chi connectivity index (χ3v) is 1.85. The Hall–Kier alpha value is -0.600. The lowest BCUT2D eigenvalue weighted by Gasteiger charge is -2.25. The molecular weight excluding hydrogens is 128 g/mol. The number of aliphatic hydroxyl groups is 2. The Morgan fingerprint density at radius 1 is 1.00 bits per heavy atom. The smallest absolute Gasteiger partial charge is 0.0786 e. The molecule has 1 aliphatic carbocycles. The van der Waals surface area contributed by atoms with Crippen molar-refractivity contribution in [2.45, 2.75) is 25.0 Å². The topological polar surface area (TPSA) is 40.5 Å². The summed E-state index contributed by atoms with van der Waals surface area (Å²) in [6, 6.07) is 0. The van der Waals surface area contributed by atoms with Crippen molar-refractivity contribution in [3.05, 3.63) is 24.3 Å². The average Bonchev–Trinajstić information content (AvgIpc) is 1.84. The maximum absolute atomic E-state index is 9.19. The molecule has 0 amide bonds. The summed E-state index contributed by atoms with van der Waals surface area (Å²) in [5.74, 6) is 0. The van der Waals surface area contributed by atoms with E-state index in [1.807, 2.05) is 0 Å². The summed E-state index contributed by atoms with van der Waals surface area (Å²) < 4.78 is 0. The molecule has 2 atom stereocenters. The van der Waals surface area contributed by atoms with Crippen LogP contribution in [0.1, 0.15) is 12.8 Å². The van der Waals surface area contributed by atoms with Crippen molar-refractivity contribution in [3.63, 3.8) is 0 Å². The zero-order valence-electron chi connectivity index (χ0n) is 5.88. The van der Waals surface area contributed by atoms with Gasteiger partial charge in [0, 0.05) is 12.8 Å². The van der Waals surface area contributed by atoms with Crippen LogP contribution in [-0.4, -0.2) is 22.4 Å². The number of rotatable bonds is 0. The molecule has 56 valence electrons. The van der Waals surface area contributed by atoms with E-state index in [1.54, 1.807) is 0 Å². The fourth-order valence-electron chi connectivity index (χ4n) is 1.06. The molecule has 2 nitrogen and oxygen atoms in total. The van der Waals surface area contributed by atoms with Gasteiger partial charge in [0.05, 0.1) is 12.2 Å². The quantitative estimate of drug-likeness (QED) is 0.484. The van der Waals surface area contributed by atoms with E-state index in [4.69, 9.17) is 0 Å². The Bertz CT molecular complexity index is 152. The Balaban J connectivity index is 2.63. The highest BCUT2D eigenvalue weighted by atomic mass is 16.3. The Kier molecular flexibility index (Phi) is 1.92. The molecule has 2 N–H and O–H groups in total. The molecule has 0 aromatic rings. The van der Waals surface area contributed by atoms with Crippen LogP contribution in [0.2, 0.25) is 0 Å². The van der Waals surface area contributed by atoms with Crippen LogP contribution in [0.3, 0.4) is 0 Å². The van der Waals surface area contributed by atoms with Gasteiger partial charge in [-0.1, -0.05) is 13.2 Å². The van der Waals surface area contributed by atoms with Gasteiger partial charge in [0.25, 0.3) is 0 Å². The molecule has 0 heterocycles. The maximum atomic E-state index is 9.19. The first-order valence-corrected chi connectivity index (χ1v) is 3.32. The predicted molar refractivity (Wildman–Crippen MR) is 39.5 cm³/mol. The van der Waals surface area contributed by atoms with E-state index < -0.39 is 12.2 Å². The van der Waals surface area contributed by atoms with E-state index in [-0.39, 0.29) is 0 Å². The van der Waals surface area contributed by atoms with Gasteiger partial charge < -0.3 is 10.2 Å². The van der Waals surface area contributed by atoms with Crippen LogP contribution in [0, 0.1) is 0 Å². The molecule has 0 aliphatic heterocycles.